The fourth-order valence-electron chi connectivity index (χ4n) is 3.45. The molecule has 0 radical (unpaired) electrons. The van der Waals surface area contributed by atoms with E-state index in [-0.39, 0.29) is 5.91 Å². The Morgan fingerprint density at radius 2 is 1.51 bits per heavy atom. The minimum absolute atomic E-state index is 0.299. The fraction of sp³-hybridized carbons (Fsp3) is 0.129. The summed E-state index contributed by atoms with van der Waals surface area (Å²) in [5.74, 6) is 0.734. The van der Waals surface area contributed by atoms with Crippen molar-refractivity contribution in [1.29, 1.82) is 0 Å². The molecular weight excluding hydrogens is 560 g/mol. The summed E-state index contributed by atoms with van der Waals surface area (Å²) in [6.07, 6.45) is 2.32. The maximum absolute atomic E-state index is 12.7. The first-order chi connectivity index (χ1) is 19.0. The van der Waals surface area contributed by atoms with Crippen molar-refractivity contribution in [1.82, 2.24) is 5.43 Å². The average Bonchev–Trinajstić information content (AvgIpc) is 2.97. The van der Waals surface area contributed by atoms with Crippen LogP contribution in [0.4, 0.5) is 0 Å². The molecule has 4 aromatic carbocycles. The molecule has 0 heterocycles. The van der Waals surface area contributed by atoms with Gasteiger partial charge in [-0.2, -0.15) is 5.10 Å². The first kappa shape index (κ1) is 27.6. The number of carbonyl (C=O) groups excluding carboxylic acids is 2. The number of esters is 1. The fourth-order valence-corrected chi connectivity index (χ4v) is 3.83. The van der Waals surface area contributed by atoms with Gasteiger partial charge in [-0.05, 0) is 78.7 Å². The van der Waals surface area contributed by atoms with E-state index in [0.717, 1.165) is 16.5 Å². The number of rotatable bonds is 11. The van der Waals surface area contributed by atoms with Gasteiger partial charge in [0.15, 0.2) is 0 Å². The number of hydrogen-bond donors (Lipinski definition) is 1. The Bertz CT molecular complexity index is 1420. The van der Waals surface area contributed by atoms with Gasteiger partial charge in [0.2, 0.25) is 0 Å². The number of nitrogens with one attached hydrogen (secondary N) is 1. The van der Waals surface area contributed by atoms with Gasteiger partial charge < -0.3 is 14.2 Å². The maximum Gasteiger partial charge on any atom is 0.343 e. The van der Waals surface area contributed by atoms with E-state index in [1.54, 1.807) is 66.7 Å². The van der Waals surface area contributed by atoms with Crippen LogP contribution in [-0.4, -0.2) is 24.7 Å². The highest BCUT2D eigenvalue weighted by Crippen LogP contribution is 2.23. The number of benzene rings is 4. The molecule has 0 unspecified atom stereocenters. The lowest BCUT2D eigenvalue weighted by atomic mass is 10.2. The Morgan fingerprint density at radius 3 is 2.21 bits per heavy atom. The predicted molar refractivity (Wildman–Crippen MR) is 154 cm³/mol. The standard InChI is InChI=1S/C31H27BrN2O5/c1-2-18-37-27-15-10-24(11-16-27)31(36)39-29-17-12-26(32)19-25(29)20-33-34-30(35)23-8-13-28(14-9-23)38-21-22-6-4-3-5-7-22/h3-17,19-20H,2,18,21H2,1H3,(H,34,35)/b33-20+. The molecule has 0 aromatic heterocycles. The zero-order valence-electron chi connectivity index (χ0n) is 21.3. The molecule has 0 atom stereocenters. The summed E-state index contributed by atoms with van der Waals surface area (Å²) in [6, 6.07) is 28.5. The summed E-state index contributed by atoms with van der Waals surface area (Å²) in [7, 11) is 0. The third-order valence-corrected chi connectivity index (χ3v) is 5.97. The molecule has 1 N–H and O–H groups in total. The van der Waals surface area contributed by atoms with Crippen LogP contribution in [0, 0.1) is 0 Å². The summed E-state index contributed by atoms with van der Waals surface area (Å²) < 4.78 is 17.7. The lowest BCUT2D eigenvalue weighted by Crippen LogP contribution is -2.17. The number of nitrogens with zero attached hydrogens (tertiary/aromatic N) is 1. The molecule has 0 aliphatic rings. The molecule has 0 bridgehead atoms. The Balaban J connectivity index is 1.35. The molecule has 7 nitrogen and oxygen atoms in total. The number of ether oxygens (including phenoxy) is 3. The smallest absolute Gasteiger partial charge is 0.343 e. The van der Waals surface area contributed by atoms with Crippen LogP contribution in [-0.2, 0) is 6.61 Å². The second-order valence-electron chi connectivity index (χ2n) is 8.44. The molecule has 4 rings (SSSR count). The lowest BCUT2D eigenvalue weighted by Gasteiger charge is -2.09. The molecule has 0 fully saturated rings. The topological polar surface area (TPSA) is 86.2 Å². The van der Waals surface area contributed by atoms with E-state index in [4.69, 9.17) is 14.2 Å². The van der Waals surface area contributed by atoms with Crippen LogP contribution in [0.2, 0.25) is 0 Å². The molecule has 198 valence electrons. The van der Waals surface area contributed by atoms with Gasteiger partial charge in [-0.1, -0.05) is 53.2 Å². The molecule has 0 saturated heterocycles. The average molecular weight is 587 g/mol. The summed E-state index contributed by atoms with van der Waals surface area (Å²) in [4.78, 5) is 25.3. The van der Waals surface area contributed by atoms with Crippen molar-refractivity contribution in [2.45, 2.75) is 20.0 Å². The molecule has 0 saturated carbocycles. The van der Waals surface area contributed by atoms with Crippen LogP contribution < -0.4 is 19.6 Å². The highest BCUT2D eigenvalue weighted by atomic mass is 79.9. The van der Waals surface area contributed by atoms with Crippen molar-refractivity contribution in [2.24, 2.45) is 5.10 Å². The van der Waals surface area contributed by atoms with Crippen molar-refractivity contribution < 1.29 is 23.8 Å². The molecular formula is C31H27BrN2O5. The largest absolute Gasteiger partial charge is 0.494 e. The van der Waals surface area contributed by atoms with E-state index in [2.05, 4.69) is 26.5 Å². The zero-order chi connectivity index (χ0) is 27.5. The van der Waals surface area contributed by atoms with Crippen molar-refractivity contribution in [3.63, 3.8) is 0 Å². The van der Waals surface area contributed by atoms with Crippen LogP contribution in [0.15, 0.2) is 107 Å². The van der Waals surface area contributed by atoms with E-state index in [0.29, 0.717) is 47.2 Å². The predicted octanol–water partition coefficient (Wildman–Crippen LogP) is 6.80. The van der Waals surface area contributed by atoms with E-state index in [9.17, 15) is 9.59 Å². The number of carbonyl (C=O) groups is 2. The normalized spacial score (nSPS) is 10.7. The van der Waals surface area contributed by atoms with E-state index < -0.39 is 5.97 Å². The number of amides is 1. The third-order valence-electron chi connectivity index (χ3n) is 5.47. The molecule has 8 heteroatoms. The van der Waals surface area contributed by atoms with E-state index in [1.165, 1.54) is 6.21 Å². The van der Waals surface area contributed by atoms with Crippen molar-refractivity contribution in [3.05, 3.63) is 124 Å². The Labute approximate surface area is 235 Å². The van der Waals surface area contributed by atoms with Crippen LogP contribution in [0.25, 0.3) is 0 Å². The number of hydrogen-bond acceptors (Lipinski definition) is 6. The molecule has 0 spiro atoms. The number of halogens is 1. The summed E-state index contributed by atoms with van der Waals surface area (Å²) in [5.41, 5.74) is 4.87. The molecule has 4 aromatic rings. The third kappa shape index (κ3) is 8.28. The van der Waals surface area contributed by atoms with Gasteiger partial charge in [-0.25, -0.2) is 10.2 Å². The van der Waals surface area contributed by atoms with Gasteiger partial charge >= 0.3 is 5.97 Å². The summed E-state index contributed by atoms with van der Waals surface area (Å²) >= 11 is 3.41. The van der Waals surface area contributed by atoms with Gasteiger partial charge in [0.05, 0.1) is 18.4 Å². The monoisotopic (exact) mass is 586 g/mol. The van der Waals surface area contributed by atoms with Crippen molar-refractivity contribution >= 4 is 34.0 Å². The van der Waals surface area contributed by atoms with Gasteiger partial charge in [-0.3, -0.25) is 4.79 Å². The van der Waals surface area contributed by atoms with Crippen LogP contribution in [0.1, 0.15) is 45.2 Å². The molecule has 39 heavy (non-hydrogen) atoms. The summed E-state index contributed by atoms with van der Waals surface area (Å²) in [6.45, 7) is 3.07. The minimum atomic E-state index is -0.521. The second kappa shape index (κ2) is 13.9. The van der Waals surface area contributed by atoms with Gasteiger partial charge in [0, 0.05) is 15.6 Å². The van der Waals surface area contributed by atoms with Crippen LogP contribution in [0.5, 0.6) is 17.2 Å². The van der Waals surface area contributed by atoms with E-state index in [1.807, 2.05) is 37.3 Å². The quantitative estimate of drug-likeness (QED) is 0.0903. The van der Waals surface area contributed by atoms with Crippen molar-refractivity contribution in [2.75, 3.05) is 6.61 Å². The van der Waals surface area contributed by atoms with Gasteiger partial charge in [0.25, 0.3) is 5.91 Å². The first-order valence-corrected chi connectivity index (χ1v) is 13.2. The van der Waals surface area contributed by atoms with Gasteiger partial charge in [-0.15, -0.1) is 0 Å². The second-order valence-corrected chi connectivity index (χ2v) is 9.36. The molecule has 1 amide bonds. The SMILES string of the molecule is CCCOc1ccc(C(=O)Oc2ccc(Br)cc2/C=N/NC(=O)c2ccc(OCc3ccccc3)cc2)cc1. The maximum atomic E-state index is 12.7. The Kier molecular flexibility index (Phi) is 9.85. The van der Waals surface area contributed by atoms with Crippen molar-refractivity contribution in [3.8, 4) is 17.2 Å². The zero-order valence-corrected chi connectivity index (χ0v) is 22.9. The lowest BCUT2D eigenvalue weighted by molar-refractivity contribution is 0.0734. The van der Waals surface area contributed by atoms with Crippen LogP contribution in [0.3, 0.4) is 0 Å². The van der Waals surface area contributed by atoms with Gasteiger partial charge in [0.1, 0.15) is 23.9 Å². The van der Waals surface area contributed by atoms with Crippen LogP contribution >= 0.6 is 15.9 Å². The van der Waals surface area contributed by atoms with E-state index >= 15 is 0 Å². The molecule has 0 aliphatic carbocycles. The summed E-state index contributed by atoms with van der Waals surface area (Å²) in [5, 5.41) is 4.05. The minimum Gasteiger partial charge on any atom is -0.494 e. The Morgan fingerprint density at radius 1 is 0.846 bits per heavy atom. The highest BCUT2D eigenvalue weighted by Gasteiger charge is 2.12. The highest BCUT2D eigenvalue weighted by molar-refractivity contribution is 9.10. The Hall–Kier alpha value is -4.43. The molecule has 0 aliphatic heterocycles. The first-order valence-electron chi connectivity index (χ1n) is 12.4. The number of hydrazone groups is 1.